The average Bonchev–Trinajstić information content (AvgIpc) is 2.99. The molecule has 1 amide bonds. The SMILES string of the molecule is CN(C(=O)c1cc(=O)[nH]c2c1CCCC2)C1CCSC1. The van der Waals surface area contributed by atoms with Crippen LogP contribution in [0.5, 0.6) is 0 Å². The number of pyridine rings is 1. The van der Waals surface area contributed by atoms with Gasteiger partial charge in [0.25, 0.3) is 5.91 Å². The van der Waals surface area contributed by atoms with Crippen molar-refractivity contribution in [3.63, 3.8) is 0 Å². The lowest BCUT2D eigenvalue weighted by atomic mass is 9.91. The molecule has 1 aromatic heterocycles. The minimum atomic E-state index is -0.150. The van der Waals surface area contributed by atoms with Gasteiger partial charge in [0.1, 0.15) is 0 Å². The molecule has 4 nitrogen and oxygen atoms in total. The van der Waals surface area contributed by atoms with Crippen molar-refractivity contribution in [2.75, 3.05) is 18.6 Å². The van der Waals surface area contributed by atoms with Gasteiger partial charge in [0, 0.05) is 36.2 Å². The molecule has 1 unspecified atom stereocenters. The number of thioether (sulfide) groups is 1. The molecule has 20 heavy (non-hydrogen) atoms. The maximum atomic E-state index is 12.7. The number of aromatic amines is 1. The Labute approximate surface area is 122 Å². The second kappa shape index (κ2) is 5.64. The molecular weight excluding hydrogens is 272 g/mol. The fraction of sp³-hybridized carbons (Fsp3) is 0.600. The van der Waals surface area contributed by atoms with Crippen LogP contribution < -0.4 is 5.56 Å². The predicted molar refractivity (Wildman–Crippen MR) is 81.5 cm³/mol. The third kappa shape index (κ3) is 2.51. The zero-order valence-electron chi connectivity index (χ0n) is 11.8. The number of fused-ring (bicyclic) bond motifs is 1. The molecule has 0 radical (unpaired) electrons. The van der Waals surface area contributed by atoms with Gasteiger partial charge >= 0.3 is 0 Å². The number of aromatic nitrogens is 1. The van der Waals surface area contributed by atoms with Gasteiger partial charge in [-0.1, -0.05) is 0 Å². The van der Waals surface area contributed by atoms with Crippen LogP contribution in [0.4, 0.5) is 0 Å². The van der Waals surface area contributed by atoms with E-state index in [4.69, 9.17) is 0 Å². The quantitative estimate of drug-likeness (QED) is 0.905. The first-order chi connectivity index (χ1) is 9.66. The lowest BCUT2D eigenvalue weighted by Crippen LogP contribution is -2.38. The van der Waals surface area contributed by atoms with Gasteiger partial charge in [0.05, 0.1) is 0 Å². The Morgan fingerprint density at radius 3 is 2.95 bits per heavy atom. The maximum absolute atomic E-state index is 12.7. The summed E-state index contributed by atoms with van der Waals surface area (Å²) < 4.78 is 0. The molecule has 1 atom stereocenters. The molecule has 1 saturated heterocycles. The van der Waals surface area contributed by atoms with Gasteiger partial charge in [0.15, 0.2) is 0 Å². The van der Waals surface area contributed by atoms with E-state index in [0.717, 1.165) is 54.9 Å². The molecular formula is C15H20N2O2S. The fourth-order valence-corrected chi connectivity index (χ4v) is 4.39. The van der Waals surface area contributed by atoms with Crippen LogP contribution in [-0.4, -0.2) is 40.4 Å². The lowest BCUT2D eigenvalue weighted by molar-refractivity contribution is 0.0746. The van der Waals surface area contributed by atoms with Crippen molar-refractivity contribution in [3.05, 3.63) is 33.2 Å². The summed E-state index contributed by atoms with van der Waals surface area (Å²) in [6.07, 6.45) is 5.03. The number of aryl methyl sites for hydroxylation is 1. The second-order valence-electron chi connectivity index (χ2n) is 5.64. The Morgan fingerprint density at radius 2 is 2.20 bits per heavy atom. The largest absolute Gasteiger partial charge is 0.338 e. The van der Waals surface area contributed by atoms with Crippen molar-refractivity contribution in [3.8, 4) is 0 Å². The Balaban J connectivity index is 1.94. The van der Waals surface area contributed by atoms with E-state index < -0.39 is 0 Å². The van der Waals surface area contributed by atoms with Gasteiger partial charge in [-0.3, -0.25) is 9.59 Å². The molecule has 1 fully saturated rings. The van der Waals surface area contributed by atoms with Crippen LogP contribution in [-0.2, 0) is 12.8 Å². The summed E-state index contributed by atoms with van der Waals surface area (Å²) in [4.78, 5) is 29.2. The van der Waals surface area contributed by atoms with Crippen LogP contribution in [0.15, 0.2) is 10.9 Å². The number of amides is 1. The summed E-state index contributed by atoms with van der Waals surface area (Å²) in [5.41, 5.74) is 2.52. The first-order valence-electron chi connectivity index (χ1n) is 7.27. The zero-order valence-corrected chi connectivity index (χ0v) is 12.6. The monoisotopic (exact) mass is 292 g/mol. The van der Waals surface area contributed by atoms with E-state index in [2.05, 4.69) is 4.98 Å². The first kappa shape index (κ1) is 13.7. The van der Waals surface area contributed by atoms with Crippen molar-refractivity contribution in [2.45, 2.75) is 38.1 Å². The van der Waals surface area contributed by atoms with Crippen LogP contribution in [0.3, 0.4) is 0 Å². The predicted octanol–water partition coefficient (Wildman–Crippen LogP) is 1.83. The van der Waals surface area contributed by atoms with Gasteiger partial charge in [-0.2, -0.15) is 11.8 Å². The molecule has 0 bridgehead atoms. The highest BCUT2D eigenvalue weighted by molar-refractivity contribution is 7.99. The lowest BCUT2D eigenvalue weighted by Gasteiger charge is -2.26. The number of H-pyrrole nitrogens is 1. The van der Waals surface area contributed by atoms with E-state index >= 15 is 0 Å². The number of nitrogens with one attached hydrogen (secondary N) is 1. The van der Waals surface area contributed by atoms with Crippen LogP contribution in [0.1, 0.15) is 40.9 Å². The average molecular weight is 292 g/mol. The van der Waals surface area contributed by atoms with Crippen LogP contribution in [0, 0.1) is 0 Å². The highest BCUT2D eigenvalue weighted by atomic mass is 32.2. The molecule has 1 aromatic rings. The molecule has 2 heterocycles. The fourth-order valence-electron chi connectivity index (χ4n) is 3.12. The third-order valence-electron chi connectivity index (χ3n) is 4.35. The van der Waals surface area contributed by atoms with E-state index in [-0.39, 0.29) is 11.5 Å². The van der Waals surface area contributed by atoms with Gasteiger partial charge in [-0.25, -0.2) is 0 Å². The highest BCUT2D eigenvalue weighted by Crippen LogP contribution is 2.26. The van der Waals surface area contributed by atoms with Gasteiger partial charge < -0.3 is 9.88 Å². The van der Waals surface area contributed by atoms with Crippen molar-refractivity contribution >= 4 is 17.7 Å². The standard InChI is InChI=1S/C15H20N2O2S/c1-17(10-6-7-20-9-10)15(19)12-8-14(18)16-13-5-3-2-4-11(12)13/h8,10H,2-7,9H2,1H3,(H,16,18). The van der Waals surface area contributed by atoms with Gasteiger partial charge in [0.2, 0.25) is 5.56 Å². The van der Waals surface area contributed by atoms with E-state index in [1.54, 1.807) is 0 Å². The molecule has 5 heteroatoms. The molecule has 0 saturated carbocycles. The summed E-state index contributed by atoms with van der Waals surface area (Å²) in [5.74, 6) is 2.14. The normalized spacial score (nSPS) is 21.6. The number of carbonyl (C=O) groups is 1. The molecule has 0 spiro atoms. The summed E-state index contributed by atoms with van der Waals surface area (Å²) in [6.45, 7) is 0. The number of hydrogen-bond acceptors (Lipinski definition) is 3. The molecule has 2 aliphatic rings. The molecule has 3 rings (SSSR count). The Kier molecular flexibility index (Phi) is 3.87. The second-order valence-corrected chi connectivity index (χ2v) is 6.79. The van der Waals surface area contributed by atoms with E-state index in [9.17, 15) is 9.59 Å². The molecule has 1 aliphatic heterocycles. The van der Waals surface area contributed by atoms with Crippen molar-refractivity contribution < 1.29 is 4.79 Å². The molecule has 1 aliphatic carbocycles. The van der Waals surface area contributed by atoms with Gasteiger partial charge in [-0.05, 0) is 43.4 Å². The summed E-state index contributed by atoms with van der Waals surface area (Å²) in [6, 6.07) is 1.80. The number of hydrogen-bond donors (Lipinski definition) is 1. The Bertz CT molecular complexity index is 576. The topological polar surface area (TPSA) is 53.2 Å². The Morgan fingerprint density at radius 1 is 1.40 bits per heavy atom. The van der Waals surface area contributed by atoms with Crippen LogP contribution >= 0.6 is 11.8 Å². The molecule has 108 valence electrons. The first-order valence-corrected chi connectivity index (χ1v) is 8.42. The summed E-state index contributed by atoms with van der Waals surface area (Å²) >= 11 is 1.89. The van der Waals surface area contributed by atoms with E-state index in [1.165, 1.54) is 6.07 Å². The summed E-state index contributed by atoms with van der Waals surface area (Å²) in [7, 11) is 1.87. The van der Waals surface area contributed by atoms with Gasteiger partial charge in [-0.15, -0.1) is 0 Å². The van der Waals surface area contributed by atoms with Crippen LogP contribution in [0.25, 0.3) is 0 Å². The minimum Gasteiger partial charge on any atom is -0.338 e. The van der Waals surface area contributed by atoms with Crippen molar-refractivity contribution in [1.29, 1.82) is 0 Å². The number of nitrogens with zero attached hydrogens (tertiary/aromatic N) is 1. The maximum Gasteiger partial charge on any atom is 0.254 e. The highest BCUT2D eigenvalue weighted by Gasteiger charge is 2.27. The zero-order chi connectivity index (χ0) is 14.1. The van der Waals surface area contributed by atoms with Crippen molar-refractivity contribution in [2.24, 2.45) is 0 Å². The van der Waals surface area contributed by atoms with Crippen molar-refractivity contribution in [1.82, 2.24) is 9.88 Å². The van der Waals surface area contributed by atoms with E-state index in [1.807, 2.05) is 23.7 Å². The Hall–Kier alpha value is -1.23. The van der Waals surface area contributed by atoms with E-state index in [0.29, 0.717) is 11.6 Å². The minimum absolute atomic E-state index is 0.0155. The smallest absolute Gasteiger partial charge is 0.254 e. The van der Waals surface area contributed by atoms with Crippen LogP contribution in [0.2, 0.25) is 0 Å². The number of rotatable bonds is 2. The molecule has 1 N–H and O–H groups in total. The molecule has 0 aromatic carbocycles. The third-order valence-corrected chi connectivity index (χ3v) is 5.49. The summed E-state index contributed by atoms with van der Waals surface area (Å²) in [5, 5.41) is 0. The number of carbonyl (C=O) groups excluding carboxylic acids is 1.